The molecule has 2 aliphatic carbocycles. The first-order chi connectivity index (χ1) is 20.0. The minimum absolute atomic E-state index is 0.0716. The summed E-state index contributed by atoms with van der Waals surface area (Å²) in [5.41, 5.74) is -2.91. The Balaban J connectivity index is 1.23. The van der Waals surface area contributed by atoms with Gasteiger partial charge in [0.05, 0.1) is 11.1 Å². The first kappa shape index (κ1) is 28.4. The van der Waals surface area contributed by atoms with Gasteiger partial charge in [0, 0.05) is 39.9 Å². The van der Waals surface area contributed by atoms with Gasteiger partial charge in [0.25, 0.3) is 0 Å². The molecule has 220 valence electrons. The van der Waals surface area contributed by atoms with Crippen LogP contribution in [0.25, 0.3) is 22.5 Å². The molecule has 0 spiro atoms. The molecule has 0 bridgehead atoms. The van der Waals surface area contributed by atoms with Gasteiger partial charge in [-0.05, 0) is 49.9 Å². The maximum Gasteiger partial charge on any atom is 0.698 e. The number of pyridine rings is 2. The second-order valence-corrected chi connectivity index (χ2v) is 10.8. The first-order valence-corrected chi connectivity index (χ1v) is 13.9. The van der Waals surface area contributed by atoms with Gasteiger partial charge in [-0.1, -0.05) is 10.3 Å². The van der Waals surface area contributed by atoms with E-state index in [1.807, 2.05) is 0 Å². The van der Waals surface area contributed by atoms with Gasteiger partial charge in [0.1, 0.15) is 36.1 Å². The maximum absolute atomic E-state index is 13.6. The summed E-state index contributed by atoms with van der Waals surface area (Å²) in [7, 11) is -2.90. The maximum atomic E-state index is 13.6. The van der Waals surface area contributed by atoms with Gasteiger partial charge >= 0.3 is 20.6 Å². The van der Waals surface area contributed by atoms with E-state index in [9.17, 15) is 30.9 Å². The van der Waals surface area contributed by atoms with Gasteiger partial charge in [-0.15, -0.1) is 9.05 Å². The molecule has 2 saturated carbocycles. The lowest BCUT2D eigenvalue weighted by Crippen LogP contribution is -2.10. The molecular weight excluding hydrogens is 593 g/mol. The molecule has 42 heavy (non-hydrogen) atoms. The second kappa shape index (κ2) is 10.9. The third kappa shape index (κ3) is 5.81. The van der Waals surface area contributed by atoms with Crippen LogP contribution in [0.5, 0.6) is 0 Å². The molecule has 4 aromatic rings. The van der Waals surface area contributed by atoms with Gasteiger partial charge in [-0.2, -0.15) is 26.3 Å². The number of halogens is 6. The molecule has 0 aliphatic heterocycles. The number of rotatable bonds is 10. The van der Waals surface area contributed by atoms with E-state index in [0.717, 1.165) is 38.1 Å². The van der Waals surface area contributed by atoms with E-state index in [2.05, 4.69) is 20.3 Å². The third-order valence-electron chi connectivity index (χ3n) is 6.82. The molecule has 0 atom stereocenters. The van der Waals surface area contributed by atoms with E-state index in [1.165, 1.54) is 24.3 Å². The molecule has 16 heteroatoms. The predicted molar refractivity (Wildman–Crippen MR) is 131 cm³/mol. The molecule has 4 aromatic heterocycles. The van der Waals surface area contributed by atoms with Crippen LogP contribution in [0.15, 0.2) is 45.7 Å². The molecule has 0 radical (unpaired) electrons. The standard InChI is InChI=1S/C26H20F6N4O5P/c27-25(28,29)23-15(3-1-9-33-23)19-17(21(40-35-19)13-5-6-13)11-38-42(37)39-12-18-20(36-41-22(18)14-7-8-14)16-4-2-10-34-24(16)26(30,31)32/h1-4,9-10,13-14H,5-8,11-12H2/q+1. The van der Waals surface area contributed by atoms with Crippen molar-refractivity contribution >= 4 is 8.25 Å². The van der Waals surface area contributed by atoms with E-state index < -0.39 is 45.2 Å². The Kier molecular flexibility index (Phi) is 7.36. The fourth-order valence-electron chi connectivity index (χ4n) is 4.60. The van der Waals surface area contributed by atoms with Crippen LogP contribution in [0.2, 0.25) is 0 Å². The molecule has 4 heterocycles. The Bertz CT molecular complexity index is 1510. The van der Waals surface area contributed by atoms with Crippen molar-refractivity contribution < 1.29 is 49.0 Å². The summed E-state index contributed by atoms with van der Waals surface area (Å²) in [4.78, 5) is 6.91. The Morgan fingerprint density at radius 2 is 1.14 bits per heavy atom. The highest BCUT2D eigenvalue weighted by atomic mass is 31.1. The Morgan fingerprint density at radius 3 is 1.50 bits per heavy atom. The van der Waals surface area contributed by atoms with Gasteiger partial charge in [-0.25, -0.2) is 0 Å². The van der Waals surface area contributed by atoms with Crippen molar-refractivity contribution in [1.29, 1.82) is 0 Å². The lowest BCUT2D eigenvalue weighted by atomic mass is 10.0. The summed E-state index contributed by atoms with van der Waals surface area (Å²) < 4.78 is 116. The highest BCUT2D eigenvalue weighted by Crippen LogP contribution is 2.48. The van der Waals surface area contributed by atoms with Crippen molar-refractivity contribution in [2.75, 3.05) is 0 Å². The van der Waals surface area contributed by atoms with Crippen LogP contribution in [0.1, 0.15) is 71.6 Å². The van der Waals surface area contributed by atoms with Gasteiger partial charge in [0.2, 0.25) is 0 Å². The zero-order valence-corrected chi connectivity index (χ0v) is 22.3. The van der Waals surface area contributed by atoms with E-state index in [4.69, 9.17) is 18.1 Å². The molecule has 0 unspecified atom stereocenters. The molecule has 2 fully saturated rings. The van der Waals surface area contributed by atoms with Crippen molar-refractivity contribution in [2.24, 2.45) is 0 Å². The molecule has 6 rings (SSSR count). The summed E-state index contributed by atoms with van der Waals surface area (Å²) >= 11 is 0. The summed E-state index contributed by atoms with van der Waals surface area (Å²) in [6.45, 7) is -0.919. The van der Waals surface area contributed by atoms with Crippen molar-refractivity contribution in [2.45, 2.75) is 63.1 Å². The monoisotopic (exact) mass is 613 g/mol. The van der Waals surface area contributed by atoms with E-state index in [1.54, 1.807) is 0 Å². The lowest BCUT2D eigenvalue weighted by Gasteiger charge is -2.10. The molecule has 9 nitrogen and oxygen atoms in total. The average Bonchev–Trinajstić information content (AvgIpc) is 3.89. The molecule has 0 N–H and O–H groups in total. The number of hydrogen-bond donors (Lipinski definition) is 0. The third-order valence-corrected chi connectivity index (χ3v) is 7.50. The van der Waals surface area contributed by atoms with Crippen LogP contribution in [0, 0.1) is 0 Å². The van der Waals surface area contributed by atoms with E-state index >= 15 is 0 Å². The zero-order valence-electron chi connectivity index (χ0n) is 21.4. The van der Waals surface area contributed by atoms with Crippen LogP contribution >= 0.6 is 8.25 Å². The van der Waals surface area contributed by atoms with E-state index in [0.29, 0.717) is 11.5 Å². The SMILES string of the molecule is O=[P+](OCc1c(-c2cccnc2C(F)(F)F)noc1C1CC1)OCc1c(-c2cccnc2C(F)(F)F)noc1C1CC1. The molecule has 0 amide bonds. The number of nitrogens with zero attached hydrogens (tertiary/aromatic N) is 4. The minimum atomic E-state index is -4.77. The summed E-state index contributed by atoms with van der Waals surface area (Å²) in [5.74, 6) is 0.494. The molecule has 0 aromatic carbocycles. The largest absolute Gasteiger partial charge is 0.698 e. The average molecular weight is 613 g/mol. The summed E-state index contributed by atoms with van der Waals surface area (Å²) in [6.07, 6.45) is -4.58. The number of hydrogen-bond acceptors (Lipinski definition) is 9. The summed E-state index contributed by atoms with van der Waals surface area (Å²) in [5, 5.41) is 7.70. The fraction of sp³-hybridized carbons (Fsp3) is 0.385. The van der Waals surface area contributed by atoms with Crippen LogP contribution in [-0.2, 0) is 39.2 Å². The lowest BCUT2D eigenvalue weighted by molar-refractivity contribution is -0.141. The smallest absolute Gasteiger partial charge is 0.360 e. The fourth-order valence-corrected chi connectivity index (χ4v) is 5.14. The zero-order chi connectivity index (χ0) is 29.6. The van der Waals surface area contributed by atoms with Crippen molar-refractivity contribution in [3.05, 3.63) is 70.7 Å². The van der Waals surface area contributed by atoms with E-state index in [-0.39, 0.29) is 45.5 Å². The molecule has 2 aliphatic rings. The van der Waals surface area contributed by atoms with Crippen LogP contribution < -0.4 is 0 Å². The summed E-state index contributed by atoms with van der Waals surface area (Å²) in [6, 6.07) is 5.05. The highest BCUT2D eigenvalue weighted by molar-refractivity contribution is 7.33. The van der Waals surface area contributed by atoms with Crippen LogP contribution in [0.4, 0.5) is 26.3 Å². The van der Waals surface area contributed by atoms with Gasteiger partial charge in [-0.3, -0.25) is 9.97 Å². The minimum Gasteiger partial charge on any atom is -0.360 e. The topological polar surface area (TPSA) is 113 Å². The molecular formula is C26H20F6N4O5P+. The molecule has 0 saturated heterocycles. The van der Waals surface area contributed by atoms with Crippen LogP contribution in [0.3, 0.4) is 0 Å². The van der Waals surface area contributed by atoms with Crippen molar-refractivity contribution in [3.8, 4) is 22.5 Å². The second-order valence-electron chi connectivity index (χ2n) is 9.86. The first-order valence-electron chi connectivity index (χ1n) is 12.8. The number of aromatic nitrogens is 4. The Hall–Kier alpha value is -3.68. The predicted octanol–water partition coefficient (Wildman–Crippen LogP) is 7.97. The highest BCUT2D eigenvalue weighted by Gasteiger charge is 2.41. The quantitative estimate of drug-likeness (QED) is 0.130. The Morgan fingerprint density at radius 1 is 0.738 bits per heavy atom. The van der Waals surface area contributed by atoms with Gasteiger partial charge < -0.3 is 9.05 Å². The number of alkyl halides is 6. The Labute approximate surface area is 234 Å². The van der Waals surface area contributed by atoms with Gasteiger partial charge in [0.15, 0.2) is 11.4 Å². The van der Waals surface area contributed by atoms with Crippen molar-refractivity contribution in [3.63, 3.8) is 0 Å². The van der Waals surface area contributed by atoms with Crippen molar-refractivity contribution in [1.82, 2.24) is 20.3 Å². The normalized spacial score (nSPS) is 15.8. The van der Waals surface area contributed by atoms with Crippen LogP contribution in [-0.4, -0.2) is 20.3 Å².